The Bertz CT molecular complexity index is 643. The zero-order valence-corrected chi connectivity index (χ0v) is 16.7. The molecule has 8 heteroatoms. The van der Waals surface area contributed by atoms with Crippen LogP contribution in [0, 0.1) is 6.92 Å². The molecule has 2 aromatic rings. The summed E-state index contributed by atoms with van der Waals surface area (Å²) in [5, 5.41) is 10.5. The average molecular weight is 444 g/mol. The fraction of sp³-hybridized carbons (Fsp3) is 0.438. The van der Waals surface area contributed by atoms with Crippen LogP contribution in [0.15, 0.2) is 35.6 Å². The molecule has 0 bridgehead atoms. The molecule has 0 saturated carbocycles. The molecule has 24 heavy (non-hydrogen) atoms. The second kappa shape index (κ2) is 10.8. The smallest absolute Gasteiger partial charge is 0.191 e. The van der Waals surface area contributed by atoms with Crippen molar-refractivity contribution in [2.24, 2.45) is 12.0 Å². The van der Waals surface area contributed by atoms with Gasteiger partial charge in [-0.2, -0.15) is 5.10 Å². The lowest BCUT2D eigenvalue weighted by molar-refractivity contribution is 0.320. The summed E-state index contributed by atoms with van der Waals surface area (Å²) in [6.07, 6.45) is 1.53. The third kappa shape index (κ3) is 6.34. The van der Waals surface area contributed by atoms with Crippen LogP contribution >= 0.6 is 24.0 Å². The number of aryl methyl sites for hydroxylation is 2. The number of benzene rings is 1. The lowest BCUT2D eigenvalue weighted by atomic mass is 10.2. The van der Waals surface area contributed by atoms with Crippen LogP contribution in [0.3, 0.4) is 0 Å². The van der Waals surface area contributed by atoms with Gasteiger partial charge in [-0.3, -0.25) is 4.68 Å². The molecule has 0 spiro atoms. The van der Waals surface area contributed by atoms with Gasteiger partial charge in [0, 0.05) is 13.6 Å². The topological polar surface area (TPSA) is 76.4 Å². The first-order chi connectivity index (χ1) is 11.2. The third-order valence-electron chi connectivity index (χ3n) is 3.27. The number of nitrogens with one attached hydrogen (secondary N) is 2. The van der Waals surface area contributed by atoms with Gasteiger partial charge >= 0.3 is 0 Å². The SMILES string of the molecule is CCNC(=NCc1ncnn1C)NCCOc1ccccc1C.I. The van der Waals surface area contributed by atoms with E-state index in [4.69, 9.17) is 4.74 Å². The maximum atomic E-state index is 5.76. The molecule has 0 radical (unpaired) electrons. The van der Waals surface area contributed by atoms with Crippen molar-refractivity contribution in [3.63, 3.8) is 0 Å². The van der Waals surface area contributed by atoms with Crippen LogP contribution in [0.4, 0.5) is 0 Å². The zero-order valence-electron chi connectivity index (χ0n) is 14.3. The Labute approximate surface area is 159 Å². The van der Waals surface area contributed by atoms with Gasteiger partial charge in [-0.1, -0.05) is 18.2 Å². The first kappa shape index (κ1) is 20.2. The molecule has 0 aliphatic carbocycles. The third-order valence-corrected chi connectivity index (χ3v) is 3.27. The summed E-state index contributed by atoms with van der Waals surface area (Å²) >= 11 is 0. The van der Waals surface area contributed by atoms with Gasteiger partial charge in [0.1, 0.15) is 31.1 Å². The van der Waals surface area contributed by atoms with Crippen LogP contribution in [-0.2, 0) is 13.6 Å². The maximum absolute atomic E-state index is 5.76. The Balaban J connectivity index is 0.00000288. The highest BCUT2D eigenvalue weighted by Crippen LogP contribution is 2.15. The summed E-state index contributed by atoms with van der Waals surface area (Å²) in [6.45, 7) is 6.57. The van der Waals surface area contributed by atoms with Crippen molar-refractivity contribution in [1.29, 1.82) is 0 Å². The molecule has 1 aromatic heterocycles. The van der Waals surface area contributed by atoms with Crippen LogP contribution in [0.25, 0.3) is 0 Å². The number of hydrogen-bond donors (Lipinski definition) is 2. The molecule has 0 aliphatic rings. The Morgan fingerprint density at radius 3 is 2.75 bits per heavy atom. The fourth-order valence-corrected chi connectivity index (χ4v) is 2.00. The fourth-order valence-electron chi connectivity index (χ4n) is 2.00. The van der Waals surface area contributed by atoms with Gasteiger partial charge in [0.15, 0.2) is 5.96 Å². The van der Waals surface area contributed by atoms with Crippen molar-refractivity contribution in [1.82, 2.24) is 25.4 Å². The van der Waals surface area contributed by atoms with Crippen molar-refractivity contribution in [3.05, 3.63) is 42.0 Å². The number of halogens is 1. The minimum Gasteiger partial charge on any atom is -0.491 e. The highest BCUT2D eigenvalue weighted by Gasteiger charge is 2.02. The van der Waals surface area contributed by atoms with Crippen molar-refractivity contribution < 1.29 is 4.74 Å². The van der Waals surface area contributed by atoms with E-state index in [9.17, 15) is 0 Å². The number of ether oxygens (including phenoxy) is 1. The second-order valence-electron chi connectivity index (χ2n) is 5.04. The molecule has 0 atom stereocenters. The van der Waals surface area contributed by atoms with Gasteiger partial charge in [0.25, 0.3) is 0 Å². The van der Waals surface area contributed by atoms with Crippen molar-refractivity contribution in [2.45, 2.75) is 20.4 Å². The molecule has 0 unspecified atom stereocenters. The van der Waals surface area contributed by atoms with Gasteiger partial charge in [-0.25, -0.2) is 9.98 Å². The Morgan fingerprint density at radius 2 is 2.08 bits per heavy atom. The summed E-state index contributed by atoms with van der Waals surface area (Å²) in [6, 6.07) is 7.99. The van der Waals surface area contributed by atoms with Crippen LogP contribution in [0.2, 0.25) is 0 Å². The quantitative estimate of drug-likeness (QED) is 0.295. The number of para-hydroxylation sites is 1. The highest BCUT2D eigenvalue weighted by atomic mass is 127. The lowest BCUT2D eigenvalue weighted by Crippen LogP contribution is -2.39. The number of hydrogen-bond acceptors (Lipinski definition) is 4. The van der Waals surface area contributed by atoms with E-state index in [1.54, 1.807) is 4.68 Å². The second-order valence-corrected chi connectivity index (χ2v) is 5.04. The molecule has 0 fully saturated rings. The summed E-state index contributed by atoms with van der Waals surface area (Å²) in [7, 11) is 1.86. The Morgan fingerprint density at radius 1 is 1.29 bits per heavy atom. The van der Waals surface area contributed by atoms with Gasteiger partial charge in [0.2, 0.25) is 0 Å². The van der Waals surface area contributed by atoms with E-state index < -0.39 is 0 Å². The summed E-state index contributed by atoms with van der Waals surface area (Å²) in [5.74, 6) is 2.47. The molecular weight excluding hydrogens is 419 g/mol. The normalized spacial score (nSPS) is 10.9. The molecule has 0 aliphatic heterocycles. The molecular formula is C16H25IN6O. The number of nitrogens with zero attached hydrogens (tertiary/aromatic N) is 4. The van der Waals surface area contributed by atoms with E-state index in [1.807, 2.05) is 45.2 Å². The van der Waals surface area contributed by atoms with Crippen molar-refractivity contribution in [2.75, 3.05) is 19.7 Å². The highest BCUT2D eigenvalue weighted by molar-refractivity contribution is 14.0. The average Bonchev–Trinajstić information content (AvgIpc) is 2.96. The first-order valence-corrected chi connectivity index (χ1v) is 7.74. The first-order valence-electron chi connectivity index (χ1n) is 7.74. The largest absolute Gasteiger partial charge is 0.491 e. The number of aromatic nitrogens is 3. The molecule has 7 nitrogen and oxygen atoms in total. The van der Waals surface area contributed by atoms with E-state index in [-0.39, 0.29) is 24.0 Å². The van der Waals surface area contributed by atoms with E-state index >= 15 is 0 Å². The molecule has 1 heterocycles. The van der Waals surface area contributed by atoms with Crippen LogP contribution in [-0.4, -0.2) is 40.4 Å². The van der Waals surface area contributed by atoms with Gasteiger partial charge in [-0.05, 0) is 25.5 Å². The van der Waals surface area contributed by atoms with Crippen LogP contribution in [0.5, 0.6) is 5.75 Å². The number of aliphatic imine (C=N–C) groups is 1. The van der Waals surface area contributed by atoms with E-state index in [0.29, 0.717) is 19.7 Å². The Hall–Kier alpha value is -1.84. The zero-order chi connectivity index (χ0) is 16.5. The standard InChI is InChI=1S/C16H24N6O.HI/c1-4-17-16(19-11-15-20-12-21-22(15)3)18-9-10-23-14-8-6-5-7-13(14)2;/h5-8,12H,4,9-11H2,1-3H3,(H2,17,18,19);1H. The number of rotatable bonds is 7. The summed E-state index contributed by atoms with van der Waals surface area (Å²) in [4.78, 5) is 8.65. The number of guanidine groups is 1. The van der Waals surface area contributed by atoms with Gasteiger partial charge in [-0.15, -0.1) is 24.0 Å². The Kier molecular flexibility index (Phi) is 9.13. The lowest BCUT2D eigenvalue weighted by Gasteiger charge is -2.12. The molecule has 2 rings (SSSR count). The minimum absolute atomic E-state index is 0. The van der Waals surface area contributed by atoms with E-state index in [2.05, 4.69) is 25.7 Å². The molecule has 2 N–H and O–H groups in total. The predicted molar refractivity (Wildman–Crippen MR) is 106 cm³/mol. The predicted octanol–water partition coefficient (Wildman–Crippen LogP) is 1.88. The summed E-state index contributed by atoms with van der Waals surface area (Å²) in [5.41, 5.74) is 1.13. The minimum atomic E-state index is 0. The summed E-state index contributed by atoms with van der Waals surface area (Å²) < 4.78 is 7.48. The van der Waals surface area contributed by atoms with Gasteiger partial charge in [0.05, 0.1) is 6.54 Å². The van der Waals surface area contributed by atoms with E-state index in [0.717, 1.165) is 29.6 Å². The molecule has 132 valence electrons. The maximum Gasteiger partial charge on any atom is 0.191 e. The van der Waals surface area contributed by atoms with Crippen LogP contribution < -0.4 is 15.4 Å². The molecule has 0 saturated heterocycles. The van der Waals surface area contributed by atoms with Crippen molar-refractivity contribution in [3.8, 4) is 5.75 Å². The molecule has 0 amide bonds. The molecule has 1 aromatic carbocycles. The van der Waals surface area contributed by atoms with Crippen molar-refractivity contribution >= 4 is 29.9 Å². The monoisotopic (exact) mass is 444 g/mol. The van der Waals surface area contributed by atoms with Gasteiger partial charge < -0.3 is 15.4 Å². The van der Waals surface area contributed by atoms with Crippen LogP contribution in [0.1, 0.15) is 18.3 Å². The van der Waals surface area contributed by atoms with E-state index in [1.165, 1.54) is 6.33 Å².